The molecular weight excluding hydrogens is 243 g/mol. The van der Waals surface area contributed by atoms with Crippen LogP contribution < -0.4 is 5.73 Å². The molecule has 1 aromatic heterocycles. The minimum atomic E-state index is -0.237. The van der Waals surface area contributed by atoms with Crippen LogP contribution in [0.4, 0.5) is 4.39 Å². The summed E-state index contributed by atoms with van der Waals surface area (Å²) in [4.78, 5) is 0. The Balaban J connectivity index is 0.00000144. The molecule has 2 rings (SSSR count). The quantitative estimate of drug-likeness (QED) is 0.913. The van der Waals surface area contributed by atoms with Crippen LogP contribution >= 0.6 is 12.4 Å². The fraction of sp³-hybridized carbons (Fsp3) is 0.273. The molecule has 0 saturated carbocycles. The molecule has 0 aliphatic carbocycles. The van der Waals surface area contributed by atoms with Crippen molar-refractivity contribution in [3.05, 3.63) is 47.5 Å². The second-order valence-electron chi connectivity index (χ2n) is 3.76. The molecule has 0 radical (unpaired) electrons. The average molecular weight is 257 g/mol. The van der Waals surface area contributed by atoms with E-state index in [2.05, 4.69) is 10.3 Å². The van der Waals surface area contributed by atoms with Gasteiger partial charge >= 0.3 is 0 Å². The van der Waals surface area contributed by atoms with Gasteiger partial charge in [0.05, 0.1) is 18.4 Å². The highest BCUT2D eigenvalue weighted by Crippen LogP contribution is 2.07. The number of halogens is 2. The molecule has 6 heteroatoms. The zero-order valence-electron chi connectivity index (χ0n) is 9.38. The van der Waals surface area contributed by atoms with Crippen molar-refractivity contribution < 1.29 is 4.39 Å². The summed E-state index contributed by atoms with van der Waals surface area (Å²) in [5.74, 6) is -0.237. The van der Waals surface area contributed by atoms with Gasteiger partial charge < -0.3 is 5.73 Å². The van der Waals surface area contributed by atoms with E-state index in [4.69, 9.17) is 5.73 Å². The highest BCUT2D eigenvalue weighted by Gasteiger charge is 2.05. The van der Waals surface area contributed by atoms with Gasteiger partial charge in [0.15, 0.2) is 0 Å². The van der Waals surface area contributed by atoms with E-state index in [1.807, 2.05) is 6.92 Å². The Bertz CT molecular complexity index is 467. The van der Waals surface area contributed by atoms with E-state index in [9.17, 15) is 4.39 Å². The minimum absolute atomic E-state index is 0. The topological polar surface area (TPSA) is 56.7 Å². The molecule has 0 saturated heterocycles. The van der Waals surface area contributed by atoms with Crippen LogP contribution in [-0.2, 0) is 6.54 Å². The average Bonchev–Trinajstić information content (AvgIpc) is 2.70. The summed E-state index contributed by atoms with van der Waals surface area (Å²) in [7, 11) is 0. The third-order valence-electron chi connectivity index (χ3n) is 2.28. The van der Waals surface area contributed by atoms with Crippen LogP contribution in [0.5, 0.6) is 0 Å². The van der Waals surface area contributed by atoms with Crippen molar-refractivity contribution in [1.82, 2.24) is 15.0 Å². The Morgan fingerprint density at radius 1 is 1.35 bits per heavy atom. The van der Waals surface area contributed by atoms with Crippen molar-refractivity contribution >= 4 is 12.4 Å². The molecule has 0 fully saturated rings. The maximum atomic E-state index is 12.7. The van der Waals surface area contributed by atoms with E-state index in [0.717, 1.165) is 11.3 Å². The molecule has 0 bridgehead atoms. The number of hydrogen-bond acceptors (Lipinski definition) is 3. The van der Waals surface area contributed by atoms with Gasteiger partial charge in [-0.25, -0.2) is 9.07 Å². The van der Waals surface area contributed by atoms with Crippen LogP contribution in [0.25, 0.3) is 0 Å². The molecule has 0 aliphatic heterocycles. The molecule has 1 aromatic carbocycles. The highest BCUT2D eigenvalue weighted by atomic mass is 35.5. The molecular formula is C11H14ClFN4. The Morgan fingerprint density at radius 2 is 2.00 bits per heavy atom. The predicted molar refractivity (Wildman–Crippen MR) is 65.4 cm³/mol. The maximum Gasteiger partial charge on any atom is 0.123 e. The van der Waals surface area contributed by atoms with Gasteiger partial charge in [0, 0.05) is 6.04 Å². The fourth-order valence-electron chi connectivity index (χ4n) is 1.38. The van der Waals surface area contributed by atoms with Gasteiger partial charge in [-0.2, -0.15) is 0 Å². The molecule has 1 heterocycles. The first-order chi connectivity index (χ1) is 7.65. The third-order valence-corrected chi connectivity index (χ3v) is 2.28. The van der Waals surface area contributed by atoms with Crippen molar-refractivity contribution in [3.8, 4) is 0 Å². The number of nitrogens with two attached hydrogens (primary N) is 1. The van der Waals surface area contributed by atoms with Gasteiger partial charge in [-0.15, -0.1) is 17.5 Å². The van der Waals surface area contributed by atoms with E-state index >= 15 is 0 Å². The first-order valence-electron chi connectivity index (χ1n) is 5.05. The number of benzene rings is 1. The Labute approximate surface area is 105 Å². The minimum Gasteiger partial charge on any atom is -0.323 e. The van der Waals surface area contributed by atoms with Crippen molar-refractivity contribution in [2.24, 2.45) is 5.73 Å². The molecule has 2 aromatic rings. The lowest BCUT2D eigenvalue weighted by Crippen LogP contribution is -2.05. The number of aromatic nitrogens is 3. The van der Waals surface area contributed by atoms with Gasteiger partial charge in [0.2, 0.25) is 0 Å². The maximum absolute atomic E-state index is 12.7. The van der Waals surface area contributed by atoms with Crippen LogP contribution in [-0.4, -0.2) is 15.0 Å². The highest BCUT2D eigenvalue weighted by molar-refractivity contribution is 5.85. The normalized spacial score (nSPS) is 11.9. The van der Waals surface area contributed by atoms with E-state index in [1.165, 1.54) is 12.1 Å². The van der Waals surface area contributed by atoms with E-state index in [-0.39, 0.29) is 24.3 Å². The zero-order chi connectivity index (χ0) is 11.5. The molecule has 0 amide bonds. The number of hydrogen-bond donors (Lipinski definition) is 1. The second kappa shape index (κ2) is 5.75. The van der Waals surface area contributed by atoms with Crippen molar-refractivity contribution in [1.29, 1.82) is 0 Å². The molecule has 17 heavy (non-hydrogen) atoms. The predicted octanol–water partition coefficient (Wildman–Crippen LogP) is 1.91. The van der Waals surface area contributed by atoms with Gasteiger partial charge in [0.25, 0.3) is 0 Å². The van der Waals surface area contributed by atoms with Gasteiger partial charge in [0.1, 0.15) is 5.82 Å². The van der Waals surface area contributed by atoms with Gasteiger partial charge in [-0.1, -0.05) is 17.3 Å². The smallest absolute Gasteiger partial charge is 0.123 e. The molecule has 0 spiro atoms. The van der Waals surface area contributed by atoms with E-state index in [1.54, 1.807) is 23.0 Å². The third kappa shape index (κ3) is 3.51. The van der Waals surface area contributed by atoms with Gasteiger partial charge in [-0.3, -0.25) is 0 Å². The number of rotatable bonds is 3. The summed E-state index contributed by atoms with van der Waals surface area (Å²) in [6, 6.07) is 6.18. The monoisotopic (exact) mass is 256 g/mol. The summed E-state index contributed by atoms with van der Waals surface area (Å²) in [6.45, 7) is 2.42. The van der Waals surface area contributed by atoms with Crippen molar-refractivity contribution in [2.45, 2.75) is 19.5 Å². The Morgan fingerprint density at radius 3 is 2.53 bits per heavy atom. The molecule has 92 valence electrons. The van der Waals surface area contributed by atoms with Crippen LogP contribution in [0.1, 0.15) is 24.2 Å². The van der Waals surface area contributed by atoms with Crippen molar-refractivity contribution in [3.63, 3.8) is 0 Å². The van der Waals surface area contributed by atoms with Crippen LogP contribution in [0.15, 0.2) is 30.5 Å². The zero-order valence-corrected chi connectivity index (χ0v) is 10.2. The first-order valence-corrected chi connectivity index (χ1v) is 5.05. The van der Waals surface area contributed by atoms with Crippen LogP contribution in [0.3, 0.4) is 0 Å². The number of nitrogens with zero attached hydrogens (tertiary/aromatic N) is 3. The van der Waals surface area contributed by atoms with Crippen LogP contribution in [0.2, 0.25) is 0 Å². The molecule has 1 atom stereocenters. The Kier molecular flexibility index (Phi) is 4.60. The second-order valence-corrected chi connectivity index (χ2v) is 3.76. The van der Waals surface area contributed by atoms with E-state index in [0.29, 0.717) is 6.54 Å². The lowest BCUT2D eigenvalue weighted by atomic mass is 10.2. The standard InChI is InChI=1S/C11H13FN4.ClH/c1-8(13)11-7-16(15-14-11)6-9-2-4-10(12)5-3-9;/h2-5,7-8H,6,13H2,1H3;1H. The lowest BCUT2D eigenvalue weighted by Gasteiger charge is -2.00. The van der Waals surface area contributed by atoms with Crippen molar-refractivity contribution in [2.75, 3.05) is 0 Å². The molecule has 4 nitrogen and oxygen atoms in total. The fourth-order valence-corrected chi connectivity index (χ4v) is 1.38. The summed E-state index contributed by atoms with van der Waals surface area (Å²) >= 11 is 0. The molecule has 1 unspecified atom stereocenters. The van der Waals surface area contributed by atoms with Gasteiger partial charge in [-0.05, 0) is 24.6 Å². The summed E-state index contributed by atoms with van der Waals surface area (Å²) in [5.41, 5.74) is 7.40. The summed E-state index contributed by atoms with van der Waals surface area (Å²) < 4.78 is 14.4. The first kappa shape index (κ1) is 13.6. The van der Waals surface area contributed by atoms with Crippen LogP contribution in [0, 0.1) is 5.82 Å². The van der Waals surface area contributed by atoms with E-state index < -0.39 is 0 Å². The largest absolute Gasteiger partial charge is 0.323 e. The molecule has 0 aliphatic rings. The summed E-state index contributed by atoms with van der Waals surface area (Å²) in [5, 5.41) is 7.89. The summed E-state index contributed by atoms with van der Waals surface area (Å²) in [6.07, 6.45) is 1.80. The lowest BCUT2D eigenvalue weighted by molar-refractivity contribution is 0.621. The SMILES string of the molecule is CC(N)c1cn(Cc2ccc(F)cc2)nn1.Cl. The molecule has 2 N–H and O–H groups in total. The Hall–Kier alpha value is -1.46.